The van der Waals surface area contributed by atoms with Crippen molar-refractivity contribution in [2.24, 2.45) is 5.10 Å². The van der Waals surface area contributed by atoms with Gasteiger partial charge in [-0.25, -0.2) is 0 Å². The Morgan fingerprint density at radius 2 is 1.88 bits per heavy atom. The van der Waals surface area contributed by atoms with E-state index in [2.05, 4.69) is 10.5 Å². The minimum absolute atomic E-state index is 0.118. The second-order valence-electron chi connectivity index (χ2n) is 4.63. The molecule has 0 unspecified atom stereocenters. The third-order valence-corrected chi connectivity index (χ3v) is 3.02. The lowest BCUT2D eigenvalue weighted by atomic mass is 10.2. The summed E-state index contributed by atoms with van der Waals surface area (Å²) in [5.41, 5.74) is 2.36. The van der Waals surface area contributed by atoms with E-state index in [1.807, 2.05) is 0 Å². The average Bonchev–Trinajstić information content (AvgIpc) is 2.54. The van der Waals surface area contributed by atoms with Gasteiger partial charge in [0.2, 0.25) is 0 Å². The SMILES string of the molecule is COc1ccc(C=NNc2ccc(C(F)(F)F)cc2)cc1[N+](=O)[O-]. The molecule has 0 fully saturated rings. The Morgan fingerprint density at radius 1 is 1.21 bits per heavy atom. The van der Waals surface area contributed by atoms with Crippen molar-refractivity contribution in [2.45, 2.75) is 6.18 Å². The first-order chi connectivity index (χ1) is 11.3. The normalized spacial score (nSPS) is 11.5. The van der Waals surface area contributed by atoms with E-state index in [0.717, 1.165) is 12.1 Å². The van der Waals surface area contributed by atoms with Crippen molar-refractivity contribution in [2.75, 3.05) is 12.5 Å². The molecule has 9 heteroatoms. The van der Waals surface area contributed by atoms with Crippen LogP contribution >= 0.6 is 0 Å². The highest BCUT2D eigenvalue weighted by Crippen LogP contribution is 2.30. The second-order valence-corrected chi connectivity index (χ2v) is 4.63. The summed E-state index contributed by atoms with van der Waals surface area (Å²) in [6, 6.07) is 8.58. The summed E-state index contributed by atoms with van der Waals surface area (Å²) < 4.78 is 42.2. The molecule has 0 heterocycles. The fourth-order valence-electron chi connectivity index (χ4n) is 1.85. The Balaban J connectivity index is 2.09. The highest BCUT2D eigenvalue weighted by molar-refractivity contribution is 5.82. The fourth-order valence-corrected chi connectivity index (χ4v) is 1.85. The van der Waals surface area contributed by atoms with Gasteiger partial charge < -0.3 is 4.74 Å². The van der Waals surface area contributed by atoms with Crippen LogP contribution in [0.4, 0.5) is 24.5 Å². The molecule has 24 heavy (non-hydrogen) atoms. The summed E-state index contributed by atoms with van der Waals surface area (Å²) in [5.74, 6) is 0.118. The lowest BCUT2D eigenvalue weighted by molar-refractivity contribution is -0.385. The zero-order chi connectivity index (χ0) is 17.7. The maximum Gasteiger partial charge on any atom is 0.416 e. The Hall–Kier alpha value is -3.10. The van der Waals surface area contributed by atoms with Crippen LogP contribution in [0.1, 0.15) is 11.1 Å². The molecule has 0 aliphatic carbocycles. The summed E-state index contributed by atoms with van der Waals surface area (Å²) in [4.78, 5) is 10.3. The highest BCUT2D eigenvalue weighted by atomic mass is 19.4. The Bertz CT molecular complexity index is 759. The van der Waals surface area contributed by atoms with Gasteiger partial charge in [-0.1, -0.05) is 0 Å². The zero-order valence-electron chi connectivity index (χ0n) is 12.4. The van der Waals surface area contributed by atoms with Crippen molar-refractivity contribution in [1.29, 1.82) is 0 Å². The summed E-state index contributed by atoms with van der Waals surface area (Å²) in [6.45, 7) is 0. The molecule has 0 atom stereocenters. The minimum atomic E-state index is -4.40. The molecule has 0 spiro atoms. The molecule has 2 aromatic carbocycles. The van der Waals surface area contributed by atoms with Crippen LogP contribution in [-0.4, -0.2) is 18.2 Å². The van der Waals surface area contributed by atoms with E-state index in [1.54, 1.807) is 6.07 Å². The maximum atomic E-state index is 12.4. The van der Waals surface area contributed by atoms with Gasteiger partial charge in [-0.2, -0.15) is 18.3 Å². The van der Waals surface area contributed by atoms with Crippen LogP contribution in [0, 0.1) is 10.1 Å². The van der Waals surface area contributed by atoms with Crippen molar-refractivity contribution in [3.8, 4) is 5.75 Å². The Morgan fingerprint density at radius 3 is 2.42 bits per heavy atom. The molecule has 0 aliphatic heterocycles. The summed E-state index contributed by atoms with van der Waals surface area (Å²) in [7, 11) is 1.32. The van der Waals surface area contributed by atoms with E-state index < -0.39 is 16.7 Å². The Kier molecular flexibility index (Phi) is 5.02. The average molecular weight is 339 g/mol. The molecule has 126 valence electrons. The molecule has 6 nitrogen and oxygen atoms in total. The standard InChI is InChI=1S/C15H12F3N3O3/c1-24-14-7-2-10(8-13(14)21(22)23)9-19-20-12-5-3-11(4-6-12)15(16,17)18/h2-9,20H,1H3. The molecular weight excluding hydrogens is 327 g/mol. The van der Waals surface area contributed by atoms with Crippen molar-refractivity contribution >= 4 is 17.6 Å². The van der Waals surface area contributed by atoms with Gasteiger partial charge in [0.15, 0.2) is 5.75 Å². The van der Waals surface area contributed by atoms with Crippen molar-refractivity contribution < 1.29 is 22.8 Å². The molecule has 1 N–H and O–H groups in total. The quantitative estimate of drug-likeness (QED) is 0.506. The number of hydrogen-bond donors (Lipinski definition) is 1. The third-order valence-electron chi connectivity index (χ3n) is 3.02. The molecule has 2 rings (SSSR count). The molecule has 0 aliphatic rings. The molecule has 0 aromatic heterocycles. The van der Waals surface area contributed by atoms with Gasteiger partial charge in [0.1, 0.15) is 0 Å². The van der Waals surface area contributed by atoms with Gasteiger partial charge >= 0.3 is 11.9 Å². The highest BCUT2D eigenvalue weighted by Gasteiger charge is 2.29. The number of alkyl halides is 3. The monoisotopic (exact) mass is 339 g/mol. The van der Waals surface area contributed by atoms with Gasteiger partial charge in [0.25, 0.3) is 0 Å². The van der Waals surface area contributed by atoms with Crippen LogP contribution in [0.5, 0.6) is 5.75 Å². The molecule has 0 radical (unpaired) electrons. The topological polar surface area (TPSA) is 76.8 Å². The van der Waals surface area contributed by atoms with Crippen molar-refractivity contribution in [3.05, 3.63) is 63.7 Å². The van der Waals surface area contributed by atoms with Crippen molar-refractivity contribution in [3.63, 3.8) is 0 Å². The van der Waals surface area contributed by atoms with Gasteiger partial charge in [-0.3, -0.25) is 15.5 Å². The number of benzene rings is 2. The van der Waals surface area contributed by atoms with Crippen molar-refractivity contribution in [1.82, 2.24) is 0 Å². The van der Waals surface area contributed by atoms with E-state index in [9.17, 15) is 23.3 Å². The molecule has 0 saturated carbocycles. The number of rotatable bonds is 5. The smallest absolute Gasteiger partial charge is 0.416 e. The maximum absolute atomic E-state index is 12.4. The number of anilines is 1. The predicted molar refractivity (Wildman–Crippen MR) is 82.3 cm³/mol. The first kappa shape index (κ1) is 17.3. The van der Waals surface area contributed by atoms with Gasteiger partial charge in [0, 0.05) is 11.6 Å². The van der Waals surface area contributed by atoms with Crippen LogP contribution in [0.2, 0.25) is 0 Å². The zero-order valence-corrected chi connectivity index (χ0v) is 12.4. The lowest BCUT2D eigenvalue weighted by Crippen LogP contribution is -2.04. The number of nitrogens with zero attached hydrogens (tertiary/aromatic N) is 2. The molecule has 0 bridgehead atoms. The molecule has 2 aromatic rings. The van der Waals surface area contributed by atoms with E-state index >= 15 is 0 Å². The lowest BCUT2D eigenvalue weighted by Gasteiger charge is -2.07. The largest absolute Gasteiger partial charge is 0.490 e. The fraction of sp³-hybridized carbons (Fsp3) is 0.133. The summed E-state index contributed by atoms with van der Waals surface area (Å²) in [5, 5.41) is 14.8. The van der Waals surface area contributed by atoms with Crippen LogP contribution in [0.25, 0.3) is 0 Å². The van der Waals surface area contributed by atoms with Crippen LogP contribution in [0.15, 0.2) is 47.6 Å². The number of nitro groups is 1. The Labute approximate surface area is 134 Å². The van der Waals surface area contributed by atoms with E-state index in [1.165, 1.54) is 37.6 Å². The van der Waals surface area contributed by atoms with Crippen LogP contribution in [-0.2, 0) is 6.18 Å². The number of hydrazone groups is 1. The van der Waals surface area contributed by atoms with Gasteiger partial charge in [-0.05, 0) is 36.4 Å². The van der Waals surface area contributed by atoms with E-state index in [0.29, 0.717) is 11.3 Å². The molecule has 0 saturated heterocycles. The summed E-state index contributed by atoms with van der Waals surface area (Å²) >= 11 is 0. The third kappa shape index (κ3) is 4.22. The molecule has 0 amide bonds. The number of nitro benzene ring substituents is 1. The number of halogens is 3. The van der Waals surface area contributed by atoms with Crippen LogP contribution < -0.4 is 10.2 Å². The summed E-state index contributed by atoms with van der Waals surface area (Å²) in [6.07, 6.45) is -3.09. The van der Waals surface area contributed by atoms with E-state index in [4.69, 9.17) is 4.74 Å². The molecular formula is C15H12F3N3O3. The van der Waals surface area contributed by atoms with E-state index in [-0.39, 0.29) is 11.4 Å². The predicted octanol–water partition coefficient (Wildman–Crippen LogP) is 4.07. The number of nitrogens with one attached hydrogen (secondary N) is 1. The number of ether oxygens (including phenoxy) is 1. The number of hydrogen-bond acceptors (Lipinski definition) is 5. The number of methoxy groups -OCH3 is 1. The first-order valence-electron chi connectivity index (χ1n) is 6.60. The van der Waals surface area contributed by atoms with Gasteiger partial charge in [-0.15, -0.1) is 0 Å². The first-order valence-corrected chi connectivity index (χ1v) is 6.60. The minimum Gasteiger partial charge on any atom is -0.490 e. The van der Waals surface area contributed by atoms with Gasteiger partial charge in [0.05, 0.1) is 29.5 Å². The van der Waals surface area contributed by atoms with Crippen LogP contribution in [0.3, 0.4) is 0 Å². The second kappa shape index (κ2) is 6.99.